The van der Waals surface area contributed by atoms with Crippen LogP contribution in [0.1, 0.15) is 16.7 Å². The van der Waals surface area contributed by atoms with E-state index in [2.05, 4.69) is 10.6 Å². The Labute approximate surface area is 121 Å². The molecule has 104 valence electrons. The highest BCUT2D eigenvalue weighted by Gasteiger charge is 2.14. The summed E-state index contributed by atoms with van der Waals surface area (Å²) in [6.07, 6.45) is 0. The topological polar surface area (TPSA) is 58.2 Å². The lowest BCUT2D eigenvalue weighted by Gasteiger charge is -2.09. The molecule has 0 fully saturated rings. The molecule has 20 heavy (non-hydrogen) atoms. The minimum absolute atomic E-state index is 0.364. The molecule has 0 bridgehead atoms. The normalized spacial score (nSPS) is 10.1. The van der Waals surface area contributed by atoms with Crippen LogP contribution in [0.4, 0.5) is 5.69 Å². The van der Waals surface area contributed by atoms with Crippen molar-refractivity contribution in [2.24, 2.45) is 0 Å². The third-order valence-corrected chi connectivity index (χ3v) is 3.61. The van der Waals surface area contributed by atoms with E-state index < -0.39 is 11.8 Å². The van der Waals surface area contributed by atoms with Gasteiger partial charge in [-0.15, -0.1) is 0 Å². The first kappa shape index (κ1) is 14.3. The third kappa shape index (κ3) is 3.68. The predicted molar refractivity (Wildman–Crippen MR) is 80.7 cm³/mol. The first-order chi connectivity index (χ1) is 9.56. The average Bonchev–Trinajstić information content (AvgIpc) is 2.93. The fourth-order valence-corrected chi connectivity index (χ4v) is 2.37. The summed E-state index contributed by atoms with van der Waals surface area (Å²) in [4.78, 5) is 23.5. The molecule has 1 aromatic heterocycles. The standard InChI is InChI=1S/C15H16N2O2S/c1-10-3-4-11(2)13(7-10)17-15(19)14(18)16-8-12-5-6-20-9-12/h3-7,9H,8H2,1-2H3,(H,16,18)(H,17,19). The first-order valence-electron chi connectivity index (χ1n) is 6.24. The molecular formula is C15H16N2O2S. The molecule has 5 heteroatoms. The molecule has 2 amide bonds. The molecule has 2 N–H and O–H groups in total. The van der Waals surface area contributed by atoms with Crippen LogP contribution in [0.3, 0.4) is 0 Å². The Hall–Kier alpha value is -2.14. The third-order valence-electron chi connectivity index (χ3n) is 2.88. The van der Waals surface area contributed by atoms with E-state index in [0.29, 0.717) is 12.2 Å². The van der Waals surface area contributed by atoms with Gasteiger partial charge in [0.15, 0.2) is 0 Å². The summed E-state index contributed by atoms with van der Waals surface area (Å²) >= 11 is 1.55. The largest absolute Gasteiger partial charge is 0.344 e. The maximum atomic E-state index is 11.8. The molecule has 0 unspecified atom stereocenters. The lowest BCUT2D eigenvalue weighted by atomic mass is 10.1. The smallest absolute Gasteiger partial charge is 0.313 e. The van der Waals surface area contributed by atoms with E-state index in [4.69, 9.17) is 0 Å². The zero-order valence-electron chi connectivity index (χ0n) is 11.4. The molecule has 1 aromatic carbocycles. The number of aryl methyl sites for hydroxylation is 2. The van der Waals surface area contributed by atoms with Crippen molar-refractivity contribution in [2.45, 2.75) is 20.4 Å². The summed E-state index contributed by atoms with van der Waals surface area (Å²) in [6.45, 7) is 4.19. The maximum absolute atomic E-state index is 11.8. The highest BCUT2D eigenvalue weighted by molar-refractivity contribution is 7.07. The van der Waals surface area contributed by atoms with Gasteiger partial charge in [-0.2, -0.15) is 11.3 Å². The number of hydrogen-bond acceptors (Lipinski definition) is 3. The van der Waals surface area contributed by atoms with Gasteiger partial charge < -0.3 is 10.6 Å². The van der Waals surface area contributed by atoms with Crippen molar-refractivity contribution in [3.8, 4) is 0 Å². The first-order valence-corrected chi connectivity index (χ1v) is 7.18. The Morgan fingerprint density at radius 1 is 1.15 bits per heavy atom. The van der Waals surface area contributed by atoms with Gasteiger partial charge in [-0.25, -0.2) is 0 Å². The van der Waals surface area contributed by atoms with Crippen LogP contribution in [0, 0.1) is 13.8 Å². The second-order valence-corrected chi connectivity index (χ2v) is 5.37. The quantitative estimate of drug-likeness (QED) is 0.853. The summed E-state index contributed by atoms with van der Waals surface area (Å²) in [7, 11) is 0. The van der Waals surface area contributed by atoms with Gasteiger partial charge in [0.25, 0.3) is 0 Å². The van der Waals surface area contributed by atoms with Crippen LogP contribution in [0.25, 0.3) is 0 Å². The molecule has 0 aliphatic rings. The van der Waals surface area contributed by atoms with Gasteiger partial charge in [0.05, 0.1) is 0 Å². The number of carbonyl (C=O) groups is 2. The SMILES string of the molecule is Cc1ccc(C)c(NC(=O)C(=O)NCc2ccsc2)c1. The van der Waals surface area contributed by atoms with E-state index in [-0.39, 0.29) is 0 Å². The van der Waals surface area contributed by atoms with Crippen LogP contribution < -0.4 is 10.6 Å². The Balaban J connectivity index is 1.93. The molecule has 0 saturated heterocycles. The van der Waals surface area contributed by atoms with Crippen molar-refractivity contribution in [3.63, 3.8) is 0 Å². The summed E-state index contributed by atoms with van der Waals surface area (Å²) < 4.78 is 0. The molecule has 0 radical (unpaired) electrons. The molecule has 0 aliphatic carbocycles. The Morgan fingerprint density at radius 2 is 1.95 bits per heavy atom. The second kappa shape index (κ2) is 6.34. The van der Waals surface area contributed by atoms with E-state index in [1.165, 1.54) is 0 Å². The van der Waals surface area contributed by atoms with Crippen molar-refractivity contribution >= 4 is 28.8 Å². The number of carbonyl (C=O) groups excluding carboxylic acids is 2. The van der Waals surface area contributed by atoms with Crippen molar-refractivity contribution < 1.29 is 9.59 Å². The van der Waals surface area contributed by atoms with E-state index in [1.807, 2.05) is 48.9 Å². The molecule has 2 rings (SSSR count). The number of nitrogens with one attached hydrogen (secondary N) is 2. The number of amides is 2. The van der Waals surface area contributed by atoms with Gasteiger partial charge in [0.1, 0.15) is 0 Å². The Bertz CT molecular complexity index is 621. The number of thiophene rings is 1. The molecule has 4 nitrogen and oxygen atoms in total. The maximum Gasteiger partial charge on any atom is 0.313 e. The molecule has 1 heterocycles. The van der Waals surface area contributed by atoms with Gasteiger partial charge in [-0.3, -0.25) is 9.59 Å². The van der Waals surface area contributed by atoms with Crippen LogP contribution in [0.15, 0.2) is 35.0 Å². The molecule has 0 spiro atoms. The van der Waals surface area contributed by atoms with E-state index >= 15 is 0 Å². The van der Waals surface area contributed by atoms with Crippen molar-refractivity contribution in [3.05, 3.63) is 51.7 Å². The van der Waals surface area contributed by atoms with Gasteiger partial charge in [-0.05, 0) is 53.4 Å². The van der Waals surface area contributed by atoms with Crippen LogP contribution in [-0.2, 0) is 16.1 Å². The van der Waals surface area contributed by atoms with Gasteiger partial charge in [0.2, 0.25) is 0 Å². The van der Waals surface area contributed by atoms with E-state index in [9.17, 15) is 9.59 Å². The lowest BCUT2D eigenvalue weighted by Crippen LogP contribution is -2.35. The summed E-state index contributed by atoms with van der Waals surface area (Å²) in [6, 6.07) is 7.63. The number of rotatable bonds is 3. The molecule has 0 aliphatic heterocycles. The number of benzene rings is 1. The fourth-order valence-electron chi connectivity index (χ4n) is 1.71. The molecular weight excluding hydrogens is 272 g/mol. The lowest BCUT2D eigenvalue weighted by molar-refractivity contribution is -0.136. The van der Waals surface area contributed by atoms with Crippen molar-refractivity contribution in [1.82, 2.24) is 5.32 Å². The highest BCUT2D eigenvalue weighted by atomic mass is 32.1. The second-order valence-electron chi connectivity index (χ2n) is 4.59. The van der Waals surface area contributed by atoms with Gasteiger partial charge in [0, 0.05) is 12.2 Å². The number of anilines is 1. The Morgan fingerprint density at radius 3 is 2.65 bits per heavy atom. The van der Waals surface area contributed by atoms with Crippen LogP contribution in [-0.4, -0.2) is 11.8 Å². The van der Waals surface area contributed by atoms with Crippen molar-refractivity contribution in [1.29, 1.82) is 0 Å². The minimum Gasteiger partial charge on any atom is -0.344 e. The average molecular weight is 288 g/mol. The highest BCUT2D eigenvalue weighted by Crippen LogP contribution is 2.16. The van der Waals surface area contributed by atoms with Crippen LogP contribution in [0.2, 0.25) is 0 Å². The van der Waals surface area contributed by atoms with Crippen LogP contribution in [0.5, 0.6) is 0 Å². The zero-order chi connectivity index (χ0) is 14.5. The fraction of sp³-hybridized carbons (Fsp3) is 0.200. The zero-order valence-corrected chi connectivity index (χ0v) is 12.2. The van der Waals surface area contributed by atoms with Crippen molar-refractivity contribution in [2.75, 3.05) is 5.32 Å². The van der Waals surface area contributed by atoms with Gasteiger partial charge in [-0.1, -0.05) is 12.1 Å². The number of hydrogen-bond donors (Lipinski definition) is 2. The summed E-state index contributed by atoms with van der Waals surface area (Å²) in [5.41, 5.74) is 3.61. The summed E-state index contributed by atoms with van der Waals surface area (Å²) in [5, 5.41) is 9.09. The predicted octanol–water partition coefficient (Wildman–Crippen LogP) is 2.62. The molecule has 2 aromatic rings. The van der Waals surface area contributed by atoms with E-state index in [0.717, 1.165) is 16.7 Å². The monoisotopic (exact) mass is 288 g/mol. The molecule has 0 saturated carbocycles. The molecule has 0 atom stereocenters. The van der Waals surface area contributed by atoms with Gasteiger partial charge >= 0.3 is 11.8 Å². The van der Waals surface area contributed by atoms with Crippen LogP contribution >= 0.6 is 11.3 Å². The minimum atomic E-state index is -0.645. The van der Waals surface area contributed by atoms with E-state index in [1.54, 1.807) is 11.3 Å². The summed E-state index contributed by atoms with van der Waals surface area (Å²) in [5.74, 6) is -1.27. The Kier molecular flexibility index (Phi) is 4.53.